The number of nitrogens with zero attached hydrogens (tertiary/aromatic N) is 1. The number of hydrogen-bond donors (Lipinski definition) is 1. The first-order chi connectivity index (χ1) is 9.75. The highest BCUT2D eigenvalue weighted by molar-refractivity contribution is 5.72. The van der Waals surface area contributed by atoms with Gasteiger partial charge >= 0.3 is 0 Å². The van der Waals surface area contributed by atoms with Crippen LogP contribution in [-0.2, 0) is 4.79 Å². The van der Waals surface area contributed by atoms with Gasteiger partial charge in [-0.05, 0) is 24.3 Å². The fourth-order valence-electron chi connectivity index (χ4n) is 1.72. The Labute approximate surface area is 119 Å². The number of benzene rings is 1. The first-order valence-electron chi connectivity index (χ1n) is 6.50. The molecule has 0 aliphatic carbocycles. The summed E-state index contributed by atoms with van der Waals surface area (Å²) in [5.41, 5.74) is 3.00. The van der Waals surface area contributed by atoms with Gasteiger partial charge in [-0.2, -0.15) is 0 Å². The molecular weight excluding hydrogens is 248 g/mol. The molecule has 0 bridgehead atoms. The van der Waals surface area contributed by atoms with Crippen LogP contribution in [0.15, 0.2) is 48.7 Å². The van der Waals surface area contributed by atoms with Crippen molar-refractivity contribution in [3.63, 3.8) is 0 Å². The molecule has 0 unspecified atom stereocenters. The zero-order valence-corrected chi connectivity index (χ0v) is 11.4. The van der Waals surface area contributed by atoms with E-state index in [1.54, 1.807) is 6.20 Å². The highest BCUT2D eigenvalue weighted by atomic mass is 16.1. The molecule has 0 saturated carbocycles. The Morgan fingerprint density at radius 1 is 1.20 bits per heavy atom. The second kappa shape index (κ2) is 7.10. The van der Waals surface area contributed by atoms with Crippen molar-refractivity contribution in [2.45, 2.75) is 13.3 Å². The molecule has 20 heavy (non-hydrogen) atoms. The third-order valence-electron chi connectivity index (χ3n) is 2.70. The van der Waals surface area contributed by atoms with Crippen molar-refractivity contribution in [1.29, 1.82) is 0 Å². The van der Waals surface area contributed by atoms with E-state index in [4.69, 9.17) is 0 Å². The second-order valence-corrected chi connectivity index (χ2v) is 4.33. The molecule has 100 valence electrons. The van der Waals surface area contributed by atoms with Crippen LogP contribution in [0.5, 0.6) is 0 Å². The average molecular weight is 264 g/mol. The number of carbonyl (C=O) groups is 1. The minimum atomic E-state index is -0.0217. The van der Waals surface area contributed by atoms with Crippen LogP contribution in [-0.4, -0.2) is 17.4 Å². The van der Waals surface area contributed by atoms with Crippen molar-refractivity contribution < 1.29 is 4.79 Å². The van der Waals surface area contributed by atoms with Gasteiger partial charge in [0.1, 0.15) is 0 Å². The molecule has 1 heterocycles. The van der Waals surface area contributed by atoms with Gasteiger partial charge in [-0.15, -0.1) is 0 Å². The molecule has 0 aliphatic heterocycles. The fraction of sp³-hybridized carbons (Fsp3) is 0.176. The Bertz CT molecular complexity index is 622. The molecule has 1 aromatic heterocycles. The van der Waals surface area contributed by atoms with Crippen molar-refractivity contribution in [1.82, 2.24) is 10.3 Å². The molecule has 1 aromatic carbocycles. The summed E-state index contributed by atoms with van der Waals surface area (Å²) in [5, 5.41) is 2.71. The molecular formula is C17H16N2O. The van der Waals surface area contributed by atoms with Crippen LogP contribution in [0.3, 0.4) is 0 Å². The van der Waals surface area contributed by atoms with Crippen molar-refractivity contribution >= 4 is 5.91 Å². The molecule has 0 radical (unpaired) electrons. The largest absolute Gasteiger partial charge is 0.355 e. The maximum atomic E-state index is 10.7. The Morgan fingerprint density at radius 3 is 2.65 bits per heavy atom. The summed E-state index contributed by atoms with van der Waals surface area (Å²) in [6.07, 6.45) is 2.44. The summed E-state index contributed by atoms with van der Waals surface area (Å²) in [4.78, 5) is 15.0. The van der Waals surface area contributed by atoms with E-state index in [0.717, 1.165) is 16.8 Å². The van der Waals surface area contributed by atoms with E-state index in [2.05, 4.69) is 22.1 Å². The summed E-state index contributed by atoms with van der Waals surface area (Å²) < 4.78 is 0. The van der Waals surface area contributed by atoms with Gasteiger partial charge in [-0.25, -0.2) is 0 Å². The smallest absolute Gasteiger partial charge is 0.216 e. The minimum absolute atomic E-state index is 0.0217. The summed E-state index contributed by atoms with van der Waals surface area (Å²) in [6.45, 7) is 2.10. The van der Waals surface area contributed by atoms with Crippen molar-refractivity contribution in [3.8, 4) is 23.1 Å². The van der Waals surface area contributed by atoms with Crippen molar-refractivity contribution in [3.05, 3.63) is 54.2 Å². The lowest BCUT2D eigenvalue weighted by molar-refractivity contribution is -0.118. The standard InChI is InChI=1S/C17H16N2O/c1-14(20)18-12-4-2-6-15-8-10-16(11-9-15)17-7-3-5-13-19-17/h3,5,7-11,13H,4,12H2,1H3,(H,18,20). The van der Waals surface area contributed by atoms with Gasteiger partial charge in [0.2, 0.25) is 5.91 Å². The van der Waals surface area contributed by atoms with E-state index in [9.17, 15) is 4.79 Å². The van der Waals surface area contributed by atoms with Crippen LogP contribution in [0.1, 0.15) is 18.9 Å². The molecule has 0 atom stereocenters. The lowest BCUT2D eigenvalue weighted by Gasteiger charge is -1.99. The van der Waals surface area contributed by atoms with Gasteiger partial charge < -0.3 is 5.32 Å². The van der Waals surface area contributed by atoms with E-state index in [1.165, 1.54) is 6.92 Å². The van der Waals surface area contributed by atoms with E-state index in [1.807, 2.05) is 42.5 Å². The summed E-state index contributed by atoms with van der Waals surface area (Å²) >= 11 is 0. The summed E-state index contributed by atoms with van der Waals surface area (Å²) in [5.74, 6) is 6.09. The van der Waals surface area contributed by atoms with E-state index in [0.29, 0.717) is 13.0 Å². The Kier molecular flexibility index (Phi) is 4.91. The predicted molar refractivity (Wildman–Crippen MR) is 79.9 cm³/mol. The highest BCUT2D eigenvalue weighted by Gasteiger charge is 1.96. The minimum Gasteiger partial charge on any atom is -0.355 e. The number of pyridine rings is 1. The Balaban J connectivity index is 1.95. The number of nitrogens with one attached hydrogen (secondary N) is 1. The van der Waals surface area contributed by atoms with Crippen LogP contribution in [0.4, 0.5) is 0 Å². The molecule has 1 amide bonds. The molecule has 0 aliphatic rings. The fourth-order valence-corrected chi connectivity index (χ4v) is 1.72. The number of carbonyl (C=O) groups excluding carboxylic acids is 1. The number of amides is 1. The van der Waals surface area contributed by atoms with Crippen LogP contribution in [0.2, 0.25) is 0 Å². The molecule has 3 heteroatoms. The van der Waals surface area contributed by atoms with E-state index in [-0.39, 0.29) is 5.91 Å². The molecule has 0 saturated heterocycles. The molecule has 0 spiro atoms. The predicted octanol–water partition coefficient (Wildman–Crippen LogP) is 2.63. The molecule has 1 N–H and O–H groups in total. The lowest BCUT2D eigenvalue weighted by atomic mass is 10.1. The average Bonchev–Trinajstić information content (AvgIpc) is 2.48. The lowest BCUT2D eigenvalue weighted by Crippen LogP contribution is -2.20. The van der Waals surface area contributed by atoms with E-state index < -0.39 is 0 Å². The van der Waals surface area contributed by atoms with Gasteiger partial charge in [0, 0.05) is 37.2 Å². The van der Waals surface area contributed by atoms with Gasteiger partial charge in [0.15, 0.2) is 0 Å². The Morgan fingerprint density at radius 2 is 2.00 bits per heavy atom. The topological polar surface area (TPSA) is 42.0 Å². The third kappa shape index (κ3) is 4.25. The molecule has 0 fully saturated rings. The molecule has 2 aromatic rings. The zero-order chi connectivity index (χ0) is 14.2. The molecule has 2 rings (SSSR count). The quantitative estimate of drug-likeness (QED) is 0.684. The van der Waals surface area contributed by atoms with E-state index >= 15 is 0 Å². The molecule has 3 nitrogen and oxygen atoms in total. The van der Waals surface area contributed by atoms with Gasteiger partial charge in [-0.3, -0.25) is 9.78 Å². The highest BCUT2D eigenvalue weighted by Crippen LogP contribution is 2.16. The summed E-state index contributed by atoms with van der Waals surface area (Å²) in [6, 6.07) is 13.8. The van der Waals surface area contributed by atoms with Gasteiger partial charge in [0.25, 0.3) is 0 Å². The second-order valence-electron chi connectivity index (χ2n) is 4.33. The van der Waals surface area contributed by atoms with Gasteiger partial charge in [-0.1, -0.05) is 30.0 Å². The SMILES string of the molecule is CC(=O)NCCC#Cc1ccc(-c2ccccn2)cc1. The van der Waals surface area contributed by atoms with Crippen LogP contribution < -0.4 is 5.32 Å². The maximum Gasteiger partial charge on any atom is 0.216 e. The van der Waals surface area contributed by atoms with Crippen molar-refractivity contribution in [2.75, 3.05) is 6.54 Å². The van der Waals surface area contributed by atoms with Crippen LogP contribution >= 0.6 is 0 Å². The van der Waals surface area contributed by atoms with Crippen LogP contribution in [0, 0.1) is 11.8 Å². The zero-order valence-electron chi connectivity index (χ0n) is 11.4. The number of rotatable bonds is 3. The Hall–Kier alpha value is -2.60. The first kappa shape index (κ1) is 13.8. The maximum absolute atomic E-state index is 10.7. The monoisotopic (exact) mass is 264 g/mol. The third-order valence-corrected chi connectivity index (χ3v) is 2.70. The summed E-state index contributed by atoms with van der Waals surface area (Å²) in [7, 11) is 0. The van der Waals surface area contributed by atoms with Crippen molar-refractivity contribution in [2.24, 2.45) is 0 Å². The number of aromatic nitrogens is 1. The first-order valence-corrected chi connectivity index (χ1v) is 6.50. The number of hydrogen-bond acceptors (Lipinski definition) is 2. The van der Waals surface area contributed by atoms with Gasteiger partial charge in [0.05, 0.1) is 5.69 Å². The normalized spacial score (nSPS) is 9.45. The van der Waals surface area contributed by atoms with Crippen LogP contribution in [0.25, 0.3) is 11.3 Å².